The molecule has 0 saturated carbocycles. The molecule has 2 atom stereocenters. The third-order valence-electron chi connectivity index (χ3n) is 4.65. The average molecular weight is 395 g/mol. The highest BCUT2D eigenvalue weighted by Gasteiger charge is 2.42. The van der Waals surface area contributed by atoms with Crippen LogP contribution in [-0.4, -0.2) is 10.7 Å². The van der Waals surface area contributed by atoms with Crippen LogP contribution in [0.4, 0.5) is 0 Å². The van der Waals surface area contributed by atoms with Gasteiger partial charge < -0.3 is 9.15 Å². The zero-order valence-corrected chi connectivity index (χ0v) is 14.9. The quantitative estimate of drug-likeness (QED) is 0.592. The second-order valence-corrected chi connectivity index (χ2v) is 7.10. The molecule has 2 aliphatic rings. The van der Waals surface area contributed by atoms with Gasteiger partial charge in [-0.15, -0.1) is 0 Å². The standard InChI is InChI=1S/C20H15BrN2O2/c21-14-8-9-18-15(11-14)17-12-16(13-5-2-1-3-6-13)22-23(17)20(25-18)19-7-4-10-24-19/h1-11,17,20H,12H2. The van der Waals surface area contributed by atoms with Crippen molar-refractivity contribution in [1.29, 1.82) is 0 Å². The molecule has 2 aliphatic heterocycles. The molecule has 5 rings (SSSR count). The third-order valence-corrected chi connectivity index (χ3v) is 5.14. The predicted molar refractivity (Wildman–Crippen MR) is 98.4 cm³/mol. The summed E-state index contributed by atoms with van der Waals surface area (Å²) in [5, 5.41) is 6.92. The topological polar surface area (TPSA) is 38.0 Å². The molecule has 25 heavy (non-hydrogen) atoms. The van der Waals surface area contributed by atoms with Crippen LogP contribution in [-0.2, 0) is 0 Å². The molecule has 5 heteroatoms. The molecule has 0 bridgehead atoms. The zero-order chi connectivity index (χ0) is 16.8. The summed E-state index contributed by atoms with van der Waals surface area (Å²) in [5.74, 6) is 1.65. The van der Waals surface area contributed by atoms with Crippen molar-refractivity contribution in [3.63, 3.8) is 0 Å². The first-order valence-electron chi connectivity index (χ1n) is 8.20. The van der Waals surface area contributed by atoms with Crippen molar-refractivity contribution >= 4 is 21.6 Å². The Hall–Kier alpha value is -2.53. The Kier molecular flexibility index (Phi) is 3.41. The van der Waals surface area contributed by atoms with Crippen molar-refractivity contribution in [2.24, 2.45) is 5.10 Å². The maximum absolute atomic E-state index is 6.23. The highest BCUT2D eigenvalue weighted by molar-refractivity contribution is 9.10. The Balaban J connectivity index is 1.61. The lowest BCUT2D eigenvalue weighted by atomic mass is 9.96. The van der Waals surface area contributed by atoms with E-state index in [1.54, 1.807) is 6.26 Å². The van der Waals surface area contributed by atoms with Crippen LogP contribution in [0.3, 0.4) is 0 Å². The van der Waals surface area contributed by atoms with Gasteiger partial charge in [-0.3, -0.25) is 0 Å². The fourth-order valence-corrected chi connectivity index (χ4v) is 3.86. The summed E-state index contributed by atoms with van der Waals surface area (Å²) in [4.78, 5) is 0. The molecule has 3 heterocycles. The molecule has 0 N–H and O–H groups in total. The van der Waals surface area contributed by atoms with Crippen LogP contribution in [0, 0.1) is 0 Å². The largest absolute Gasteiger partial charge is 0.463 e. The van der Waals surface area contributed by atoms with Crippen LogP contribution in [0.15, 0.2) is 80.9 Å². The van der Waals surface area contributed by atoms with Crippen molar-refractivity contribution in [3.8, 4) is 5.75 Å². The van der Waals surface area contributed by atoms with E-state index in [9.17, 15) is 0 Å². The number of nitrogens with zero attached hydrogens (tertiary/aromatic N) is 2. The first-order valence-corrected chi connectivity index (χ1v) is 8.99. The number of furan rings is 1. The van der Waals surface area contributed by atoms with E-state index in [-0.39, 0.29) is 12.3 Å². The van der Waals surface area contributed by atoms with E-state index in [1.807, 2.05) is 47.5 Å². The fourth-order valence-electron chi connectivity index (χ4n) is 3.48. The molecule has 0 spiro atoms. The summed E-state index contributed by atoms with van der Waals surface area (Å²) in [5.41, 5.74) is 3.36. The maximum atomic E-state index is 6.23. The number of ether oxygens (including phenoxy) is 1. The molecule has 0 fully saturated rings. The zero-order valence-electron chi connectivity index (χ0n) is 13.3. The van der Waals surface area contributed by atoms with Gasteiger partial charge in [-0.25, -0.2) is 5.01 Å². The highest BCUT2D eigenvalue weighted by Crippen LogP contribution is 2.48. The average Bonchev–Trinajstić information content (AvgIpc) is 3.32. The number of hydrogen-bond acceptors (Lipinski definition) is 4. The first kappa shape index (κ1) is 14.8. The second kappa shape index (κ2) is 5.77. The number of rotatable bonds is 2. The Labute approximate surface area is 153 Å². The van der Waals surface area contributed by atoms with Gasteiger partial charge >= 0.3 is 0 Å². The Morgan fingerprint density at radius 3 is 2.72 bits per heavy atom. The van der Waals surface area contributed by atoms with Gasteiger partial charge in [0.05, 0.1) is 18.0 Å². The van der Waals surface area contributed by atoms with Crippen LogP contribution < -0.4 is 4.74 Å². The monoisotopic (exact) mass is 394 g/mol. The van der Waals surface area contributed by atoms with Gasteiger partial charge in [0.1, 0.15) is 5.75 Å². The van der Waals surface area contributed by atoms with Gasteiger partial charge in [0.15, 0.2) is 5.76 Å². The molecule has 2 aromatic carbocycles. The summed E-state index contributed by atoms with van der Waals surface area (Å²) in [6.07, 6.45) is 2.16. The lowest BCUT2D eigenvalue weighted by molar-refractivity contribution is -0.0325. The second-order valence-electron chi connectivity index (χ2n) is 6.18. The minimum atomic E-state index is -0.352. The Morgan fingerprint density at radius 1 is 1.04 bits per heavy atom. The molecular formula is C20H15BrN2O2. The SMILES string of the molecule is Brc1ccc2c(c1)C1CC(c3ccccc3)=NN1C(c1ccco1)O2. The summed E-state index contributed by atoms with van der Waals surface area (Å²) >= 11 is 3.57. The van der Waals surface area contributed by atoms with Crippen LogP contribution in [0.1, 0.15) is 35.6 Å². The van der Waals surface area contributed by atoms with Crippen LogP contribution >= 0.6 is 15.9 Å². The smallest absolute Gasteiger partial charge is 0.246 e. The molecule has 4 nitrogen and oxygen atoms in total. The van der Waals surface area contributed by atoms with Gasteiger partial charge in [0.2, 0.25) is 6.23 Å². The first-order chi connectivity index (χ1) is 12.3. The van der Waals surface area contributed by atoms with Crippen LogP contribution in [0.5, 0.6) is 5.75 Å². The van der Waals surface area contributed by atoms with Crippen molar-refractivity contribution < 1.29 is 9.15 Å². The van der Waals surface area contributed by atoms with E-state index in [0.29, 0.717) is 0 Å². The highest BCUT2D eigenvalue weighted by atomic mass is 79.9. The normalized spacial score (nSPS) is 21.3. The number of hydrogen-bond donors (Lipinski definition) is 0. The molecule has 0 radical (unpaired) electrons. The number of hydrazone groups is 1. The Morgan fingerprint density at radius 2 is 1.92 bits per heavy atom. The number of halogens is 1. The van der Waals surface area contributed by atoms with E-state index >= 15 is 0 Å². The van der Waals surface area contributed by atoms with E-state index < -0.39 is 0 Å². The summed E-state index contributed by atoms with van der Waals surface area (Å²) < 4.78 is 12.9. The van der Waals surface area contributed by atoms with Crippen molar-refractivity contribution in [2.75, 3.05) is 0 Å². The molecule has 124 valence electrons. The summed E-state index contributed by atoms with van der Waals surface area (Å²) in [7, 11) is 0. The van der Waals surface area contributed by atoms with E-state index in [0.717, 1.165) is 39.2 Å². The van der Waals surface area contributed by atoms with E-state index in [1.165, 1.54) is 0 Å². The van der Waals surface area contributed by atoms with Crippen LogP contribution in [0.2, 0.25) is 0 Å². The van der Waals surface area contributed by atoms with Gasteiger partial charge in [0, 0.05) is 16.5 Å². The van der Waals surface area contributed by atoms with Gasteiger partial charge in [0.25, 0.3) is 0 Å². The lowest BCUT2D eigenvalue weighted by Gasteiger charge is -2.37. The molecule has 3 aromatic rings. The number of benzene rings is 2. The predicted octanol–water partition coefficient (Wildman–Crippen LogP) is 5.28. The summed E-state index contributed by atoms with van der Waals surface area (Å²) in [6.45, 7) is 0. The summed E-state index contributed by atoms with van der Waals surface area (Å²) in [6, 6.07) is 20.4. The Bertz CT molecular complexity index is 938. The van der Waals surface area contributed by atoms with Crippen molar-refractivity contribution in [3.05, 3.63) is 88.3 Å². The lowest BCUT2D eigenvalue weighted by Crippen LogP contribution is -2.33. The van der Waals surface area contributed by atoms with Crippen molar-refractivity contribution in [2.45, 2.75) is 18.7 Å². The minimum Gasteiger partial charge on any atom is -0.463 e. The molecule has 0 aliphatic carbocycles. The molecule has 2 unspecified atom stereocenters. The maximum Gasteiger partial charge on any atom is 0.246 e. The van der Waals surface area contributed by atoms with E-state index in [2.05, 4.69) is 34.1 Å². The molecule has 0 amide bonds. The van der Waals surface area contributed by atoms with Gasteiger partial charge in [-0.05, 0) is 35.9 Å². The van der Waals surface area contributed by atoms with Gasteiger partial charge in [-0.1, -0.05) is 46.3 Å². The molecule has 1 aromatic heterocycles. The van der Waals surface area contributed by atoms with E-state index in [4.69, 9.17) is 14.3 Å². The molecular weight excluding hydrogens is 380 g/mol. The number of fused-ring (bicyclic) bond motifs is 3. The van der Waals surface area contributed by atoms with Crippen LogP contribution in [0.25, 0.3) is 0 Å². The molecule has 0 saturated heterocycles. The van der Waals surface area contributed by atoms with Crippen molar-refractivity contribution in [1.82, 2.24) is 5.01 Å². The van der Waals surface area contributed by atoms with Gasteiger partial charge in [-0.2, -0.15) is 5.10 Å². The third kappa shape index (κ3) is 2.46. The fraction of sp³-hybridized carbons (Fsp3) is 0.150. The minimum absolute atomic E-state index is 0.131.